The van der Waals surface area contributed by atoms with Crippen LogP contribution in [0.3, 0.4) is 0 Å². The second-order valence-electron chi connectivity index (χ2n) is 5.93. The number of benzene rings is 2. The van der Waals surface area contributed by atoms with Gasteiger partial charge in [0, 0.05) is 30.9 Å². The van der Waals surface area contributed by atoms with Gasteiger partial charge in [-0.1, -0.05) is 54.6 Å². The number of rotatable bonds is 6. The summed E-state index contributed by atoms with van der Waals surface area (Å²) in [4.78, 5) is 6.78. The molecule has 0 aliphatic rings. The van der Waals surface area contributed by atoms with Gasteiger partial charge >= 0.3 is 0 Å². The first-order chi connectivity index (χ1) is 11.7. The second kappa shape index (κ2) is 7.32. The van der Waals surface area contributed by atoms with Crippen LogP contribution in [0.15, 0.2) is 54.6 Å². The molecule has 2 aromatic carbocycles. The molecule has 0 spiro atoms. The smallest absolute Gasteiger partial charge is 0.136 e. The summed E-state index contributed by atoms with van der Waals surface area (Å²) in [6.45, 7) is 3.46. The van der Waals surface area contributed by atoms with E-state index in [0.29, 0.717) is 6.54 Å². The Bertz CT molecular complexity index is 818. The van der Waals surface area contributed by atoms with Gasteiger partial charge in [0.05, 0.1) is 18.0 Å². The monoisotopic (exact) mass is 321 g/mol. The lowest BCUT2D eigenvalue weighted by molar-refractivity contribution is 0.304. The van der Waals surface area contributed by atoms with Crippen LogP contribution in [0, 0.1) is 6.92 Å². The minimum absolute atomic E-state index is 0.111. The molecule has 1 aromatic heterocycles. The number of nitrogens with zero attached hydrogens (tertiary/aromatic N) is 2. The van der Waals surface area contributed by atoms with Crippen molar-refractivity contribution < 1.29 is 5.11 Å². The minimum Gasteiger partial charge on any atom is -0.395 e. The molecule has 0 aliphatic heterocycles. The third-order valence-corrected chi connectivity index (χ3v) is 4.18. The van der Waals surface area contributed by atoms with Crippen molar-refractivity contribution in [2.45, 2.75) is 13.5 Å². The largest absolute Gasteiger partial charge is 0.395 e. The van der Waals surface area contributed by atoms with Gasteiger partial charge in [-0.25, -0.2) is 4.98 Å². The van der Waals surface area contributed by atoms with Crippen molar-refractivity contribution in [3.8, 4) is 0 Å². The molecule has 0 bridgehead atoms. The molecule has 2 N–H and O–H groups in total. The van der Waals surface area contributed by atoms with Crippen LogP contribution in [0.5, 0.6) is 0 Å². The molecule has 4 nitrogen and oxygen atoms in total. The van der Waals surface area contributed by atoms with E-state index in [9.17, 15) is 5.11 Å². The molecule has 0 unspecified atom stereocenters. The van der Waals surface area contributed by atoms with Gasteiger partial charge in [0.1, 0.15) is 5.82 Å². The van der Waals surface area contributed by atoms with Crippen molar-refractivity contribution >= 4 is 22.3 Å². The van der Waals surface area contributed by atoms with E-state index in [1.165, 1.54) is 5.56 Å². The molecule has 4 heteroatoms. The maximum absolute atomic E-state index is 9.22. The van der Waals surface area contributed by atoms with Crippen LogP contribution in [0.2, 0.25) is 0 Å². The zero-order valence-corrected chi connectivity index (χ0v) is 14.2. The summed E-state index contributed by atoms with van der Waals surface area (Å²) in [5, 5.41) is 15.0. The quantitative estimate of drug-likeness (QED) is 0.728. The van der Waals surface area contributed by atoms with Crippen molar-refractivity contribution in [2.75, 3.05) is 30.4 Å². The van der Waals surface area contributed by atoms with Crippen molar-refractivity contribution in [1.82, 2.24) is 4.98 Å². The maximum Gasteiger partial charge on any atom is 0.136 e. The average molecular weight is 321 g/mol. The molecule has 124 valence electrons. The van der Waals surface area contributed by atoms with Crippen molar-refractivity contribution in [3.63, 3.8) is 0 Å². The third-order valence-electron chi connectivity index (χ3n) is 4.18. The Labute approximate surface area is 142 Å². The fourth-order valence-electron chi connectivity index (χ4n) is 2.92. The fourth-order valence-corrected chi connectivity index (χ4v) is 2.92. The fraction of sp³-hybridized carbons (Fsp3) is 0.250. The Morgan fingerprint density at radius 2 is 1.67 bits per heavy atom. The number of fused-ring (bicyclic) bond motifs is 1. The van der Waals surface area contributed by atoms with Crippen LogP contribution in [0.4, 0.5) is 11.5 Å². The van der Waals surface area contributed by atoms with Crippen LogP contribution in [0.25, 0.3) is 10.8 Å². The molecule has 0 atom stereocenters. The highest BCUT2D eigenvalue weighted by Crippen LogP contribution is 2.32. The van der Waals surface area contributed by atoms with Crippen LogP contribution >= 0.6 is 0 Å². The van der Waals surface area contributed by atoms with E-state index in [2.05, 4.69) is 29.6 Å². The van der Waals surface area contributed by atoms with Crippen molar-refractivity contribution in [2.24, 2.45) is 0 Å². The Morgan fingerprint density at radius 1 is 1.00 bits per heavy atom. The molecule has 0 fully saturated rings. The molecule has 1 heterocycles. The normalized spacial score (nSPS) is 10.8. The summed E-state index contributed by atoms with van der Waals surface area (Å²) in [6.07, 6.45) is 0. The van der Waals surface area contributed by atoms with Gasteiger partial charge in [0.2, 0.25) is 0 Å². The van der Waals surface area contributed by atoms with E-state index in [-0.39, 0.29) is 6.61 Å². The summed E-state index contributed by atoms with van der Waals surface area (Å²) >= 11 is 0. The number of hydrogen-bond donors (Lipinski definition) is 2. The number of pyridine rings is 1. The summed E-state index contributed by atoms with van der Waals surface area (Å²) in [7, 11) is 1.96. The minimum atomic E-state index is 0.111. The van der Waals surface area contributed by atoms with E-state index in [1.807, 2.05) is 49.2 Å². The Kier molecular flexibility index (Phi) is 4.96. The van der Waals surface area contributed by atoms with Gasteiger partial charge in [-0.2, -0.15) is 0 Å². The van der Waals surface area contributed by atoms with Gasteiger partial charge < -0.3 is 15.3 Å². The lowest BCUT2D eigenvalue weighted by Crippen LogP contribution is -2.23. The standard InChI is InChI=1S/C20H23N3O/c1-15-19(21-14-16-8-4-3-5-9-16)17-10-6-7-11-18(17)20(22-15)23(2)12-13-24/h3-11,21,24H,12-14H2,1-2H3. The maximum atomic E-state index is 9.22. The Balaban J connectivity index is 1.99. The number of aliphatic hydroxyl groups excluding tert-OH is 1. The van der Waals surface area contributed by atoms with Crippen LogP contribution in [-0.4, -0.2) is 30.3 Å². The SMILES string of the molecule is Cc1nc(N(C)CCO)c2ccccc2c1NCc1ccccc1. The van der Waals surface area contributed by atoms with E-state index < -0.39 is 0 Å². The molecular formula is C20H23N3O. The predicted molar refractivity (Wildman–Crippen MR) is 101 cm³/mol. The van der Waals surface area contributed by atoms with Crippen molar-refractivity contribution in [1.29, 1.82) is 0 Å². The number of aryl methyl sites for hydroxylation is 1. The van der Waals surface area contributed by atoms with E-state index in [1.54, 1.807) is 0 Å². The van der Waals surface area contributed by atoms with Gasteiger partial charge in [-0.05, 0) is 12.5 Å². The Morgan fingerprint density at radius 3 is 2.38 bits per heavy atom. The van der Waals surface area contributed by atoms with Gasteiger partial charge in [-0.15, -0.1) is 0 Å². The number of likely N-dealkylation sites (N-methyl/N-ethyl adjacent to an activating group) is 1. The second-order valence-corrected chi connectivity index (χ2v) is 5.93. The Hall–Kier alpha value is -2.59. The van der Waals surface area contributed by atoms with E-state index >= 15 is 0 Å². The number of aliphatic hydroxyl groups is 1. The van der Waals surface area contributed by atoms with Crippen LogP contribution in [0.1, 0.15) is 11.3 Å². The van der Waals surface area contributed by atoms with Crippen molar-refractivity contribution in [3.05, 3.63) is 65.9 Å². The predicted octanol–water partition coefficient (Wildman–Crippen LogP) is 3.58. The molecule has 3 aromatic rings. The molecule has 24 heavy (non-hydrogen) atoms. The summed E-state index contributed by atoms with van der Waals surface area (Å²) < 4.78 is 0. The highest BCUT2D eigenvalue weighted by molar-refractivity contribution is 6.01. The highest BCUT2D eigenvalue weighted by atomic mass is 16.3. The molecule has 3 rings (SSSR count). The third kappa shape index (κ3) is 3.34. The van der Waals surface area contributed by atoms with Gasteiger partial charge in [0.15, 0.2) is 0 Å². The van der Waals surface area contributed by atoms with Gasteiger partial charge in [-0.3, -0.25) is 0 Å². The number of anilines is 2. The first kappa shape index (κ1) is 16.3. The molecule has 0 saturated carbocycles. The zero-order chi connectivity index (χ0) is 16.9. The molecule has 0 aliphatic carbocycles. The van der Waals surface area contributed by atoms with Crippen LogP contribution < -0.4 is 10.2 Å². The molecule has 0 saturated heterocycles. The lowest BCUT2D eigenvalue weighted by Gasteiger charge is -2.22. The first-order valence-electron chi connectivity index (χ1n) is 8.20. The van der Waals surface area contributed by atoms with Crippen LogP contribution in [-0.2, 0) is 6.54 Å². The van der Waals surface area contributed by atoms with Gasteiger partial charge in [0.25, 0.3) is 0 Å². The van der Waals surface area contributed by atoms with E-state index in [0.717, 1.165) is 34.5 Å². The molecular weight excluding hydrogens is 298 g/mol. The zero-order valence-electron chi connectivity index (χ0n) is 14.2. The number of nitrogens with one attached hydrogen (secondary N) is 1. The highest BCUT2D eigenvalue weighted by Gasteiger charge is 2.13. The summed E-state index contributed by atoms with van der Waals surface area (Å²) in [6, 6.07) is 18.6. The number of aromatic nitrogens is 1. The molecule has 0 amide bonds. The topological polar surface area (TPSA) is 48.4 Å². The number of hydrogen-bond acceptors (Lipinski definition) is 4. The molecule has 0 radical (unpaired) electrons. The summed E-state index contributed by atoms with van der Waals surface area (Å²) in [5.41, 5.74) is 3.27. The average Bonchev–Trinajstić information content (AvgIpc) is 2.61. The van der Waals surface area contributed by atoms with E-state index in [4.69, 9.17) is 4.98 Å². The first-order valence-corrected chi connectivity index (χ1v) is 8.20. The lowest BCUT2D eigenvalue weighted by atomic mass is 10.1. The summed E-state index contributed by atoms with van der Waals surface area (Å²) in [5.74, 6) is 0.905.